The Bertz CT molecular complexity index is 741. The Labute approximate surface area is 141 Å². The van der Waals surface area contributed by atoms with Crippen LogP contribution in [0.4, 0.5) is 24.5 Å². The molecule has 2 aromatic rings. The molecular weight excluding hydrogens is 337 g/mol. The molecular formula is C17H15F3N2O3. The number of halogens is 3. The van der Waals surface area contributed by atoms with E-state index in [0.29, 0.717) is 18.0 Å². The Kier molecular flexibility index (Phi) is 5.63. The van der Waals surface area contributed by atoms with E-state index in [0.717, 1.165) is 24.3 Å². The Morgan fingerprint density at radius 1 is 0.880 bits per heavy atom. The molecule has 0 radical (unpaired) electrons. The van der Waals surface area contributed by atoms with Gasteiger partial charge < -0.3 is 15.4 Å². The highest BCUT2D eigenvalue weighted by Gasteiger charge is 2.30. The molecule has 0 spiro atoms. The smallest absolute Gasteiger partial charge is 0.416 e. The fourth-order valence-corrected chi connectivity index (χ4v) is 1.92. The van der Waals surface area contributed by atoms with Gasteiger partial charge in [-0.15, -0.1) is 0 Å². The van der Waals surface area contributed by atoms with Gasteiger partial charge >= 0.3 is 18.0 Å². The van der Waals surface area contributed by atoms with Gasteiger partial charge in [-0.25, -0.2) is 0 Å². The highest BCUT2D eigenvalue weighted by Crippen LogP contribution is 2.29. The van der Waals surface area contributed by atoms with Gasteiger partial charge in [0, 0.05) is 11.4 Å². The number of hydrogen-bond donors (Lipinski definition) is 2. The second-order valence-electron chi connectivity index (χ2n) is 4.94. The van der Waals surface area contributed by atoms with E-state index in [4.69, 9.17) is 4.74 Å². The van der Waals surface area contributed by atoms with Crippen LogP contribution in [0.3, 0.4) is 0 Å². The van der Waals surface area contributed by atoms with Gasteiger partial charge in [-0.1, -0.05) is 0 Å². The Hall–Kier alpha value is -3.03. The van der Waals surface area contributed by atoms with Crippen molar-refractivity contribution in [3.8, 4) is 5.75 Å². The van der Waals surface area contributed by atoms with Crippen LogP contribution in [-0.4, -0.2) is 18.4 Å². The van der Waals surface area contributed by atoms with Crippen molar-refractivity contribution in [3.05, 3.63) is 54.1 Å². The topological polar surface area (TPSA) is 67.4 Å². The zero-order chi connectivity index (χ0) is 18.4. The minimum atomic E-state index is -4.46. The number of ether oxygens (including phenoxy) is 1. The standard InChI is InChI=1S/C17H15F3N2O3/c1-2-25-14-9-7-13(8-10-14)22-16(24)15(23)21-12-5-3-11(4-6-12)17(18,19)20/h3-10H,2H2,1H3,(H,21,23)(H,22,24). The molecule has 0 saturated heterocycles. The van der Waals surface area contributed by atoms with Crippen molar-refractivity contribution in [3.63, 3.8) is 0 Å². The largest absolute Gasteiger partial charge is 0.494 e. The molecule has 0 aromatic heterocycles. The number of rotatable bonds is 4. The molecule has 0 saturated carbocycles. The van der Waals surface area contributed by atoms with Gasteiger partial charge in [-0.05, 0) is 55.5 Å². The lowest BCUT2D eigenvalue weighted by Crippen LogP contribution is -2.29. The van der Waals surface area contributed by atoms with E-state index in [2.05, 4.69) is 10.6 Å². The molecule has 0 unspecified atom stereocenters. The van der Waals surface area contributed by atoms with Gasteiger partial charge in [0.15, 0.2) is 0 Å². The van der Waals surface area contributed by atoms with Gasteiger partial charge in [0.05, 0.1) is 12.2 Å². The molecule has 0 aliphatic carbocycles. The summed E-state index contributed by atoms with van der Waals surface area (Å²) in [6.07, 6.45) is -4.46. The lowest BCUT2D eigenvalue weighted by molar-refractivity contribution is -0.137. The summed E-state index contributed by atoms with van der Waals surface area (Å²) in [6.45, 7) is 2.34. The summed E-state index contributed by atoms with van der Waals surface area (Å²) in [7, 11) is 0. The predicted molar refractivity (Wildman–Crippen MR) is 86.3 cm³/mol. The van der Waals surface area contributed by atoms with Crippen molar-refractivity contribution >= 4 is 23.2 Å². The summed E-state index contributed by atoms with van der Waals surface area (Å²) >= 11 is 0. The van der Waals surface area contributed by atoms with E-state index in [1.165, 1.54) is 0 Å². The van der Waals surface area contributed by atoms with Crippen molar-refractivity contribution in [1.82, 2.24) is 0 Å². The maximum absolute atomic E-state index is 12.5. The molecule has 0 fully saturated rings. The highest BCUT2D eigenvalue weighted by molar-refractivity contribution is 6.43. The van der Waals surface area contributed by atoms with Crippen molar-refractivity contribution in [1.29, 1.82) is 0 Å². The minimum Gasteiger partial charge on any atom is -0.494 e. The van der Waals surface area contributed by atoms with Crippen molar-refractivity contribution in [2.24, 2.45) is 0 Å². The lowest BCUT2D eigenvalue weighted by atomic mass is 10.2. The SMILES string of the molecule is CCOc1ccc(NC(=O)C(=O)Nc2ccc(C(F)(F)F)cc2)cc1. The average Bonchev–Trinajstić information content (AvgIpc) is 2.56. The van der Waals surface area contributed by atoms with E-state index >= 15 is 0 Å². The van der Waals surface area contributed by atoms with Crippen molar-refractivity contribution < 1.29 is 27.5 Å². The first-order valence-corrected chi connectivity index (χ1v) is 7.32. The van der Waals surface area contributed by atoms with Gasteiger partial charge in [0.2, 0.25) is 0 Å². The van der Waals surface area contributed by atoms with Crippen LogP contribution in [0.15, 0.2) is 48.5 Å². The van der Waals surface area contributed by atoms with Crippen LogP contribution in [-0.2, 0) is 15.8 Å². The lowest BCUT2D eigenvalue weighted by Gasteiger charge is -2.09. The van der Waals surface area contributed by atoms with Crippen LogP contribution in [0.5, 0.6) is 5.75 Å². The zero-order valence-corrected chi connectivity index (χ0v) is 13.2. The van der Waals surface area contributed by atoms with E-state index in [-0.39, 0.29) is 5.69 Å². The van der Waals surface area contributed by atoms with E-state index in [1.54, 1.807) is 24.3 Å². The number of alkyl halides is 3. The van der Waals surface area contributed by atoms with Crippen LogP contribution < -0.4 is 15.4 Å². The van der Waals surface area contributed by atoms with Gasteiger partial charge in [0.1, 0.15) is 5.75 Å². The third-order valence-electron chi connectivity index (χ3n) is 3.10. The molecule has 8 heteroatoms. The fraction of sp³-hybridized carbons (Fsp3) is 0.176. The van der Waals surface area contributed by atoms with E-state index < -0.39 is 23.6 Å². The Balaban J connectivity index is 1.94. The molecule has 0 aliphatic rings. The zero-order valence-electron chi connectivity index (χ0n) is 13.2. The van der Waals surface area contributed by atoms with Crippen LogP contribution in [0.25, 0.3) is 0 Å². The van der Waals surface area contributed by atoms with Crippen LogP contribution >= 0.6 is 0 Å². The number of anilines is 2. The number of carbonyl (C=O) groups is 2. The first-order valence-electron chi connectivity index (χ1n) is 7.32. The van der Waals surface area contributed by atoms with Crippen LogP contribution in [0.1, 0.15) is 12.5 Å². The molecule has 0 atom stereocenters. The number of nitrogens with one attached hydrogen (secondary N) is 2. The Morgan fingerprint density at radius 3 is 1.72 bits per heavy atom. The molecule has 132 valence electrons. The highest BCUT2D eigenvalue weighted by atomic mass is 19.4. The summed E-state index contributed by atoms with van der Waals surface area (Å²) in [5.41, 5.74) is -0.375. The molecule has 2 rings (SSSR count). The van der Waals surface area contributed by atoms with Crippen molar-refractivity contribution in [2.45, 2.75) is 13.1 Å². The summed E-state index contributed by atoms with van der Waals surface area (Å²) in [4.78, 5) is 23.6. The molecule has 0 bridgehead atoms. The second kappa shape index (κ2) is 7.69. The number of benzene rings is 2. The molecule has 0 aliphatic heterocycles. The normalized spacial score (nSPS) is 10.9. The summed E-state index contributed by atoms with van der Waals surface area (Å²) in [5, 5.41) is 4.61. The first-order chi connectivity index (χ1) is 11.8. The maximum atomic E-state index is 12.5. The molecule has 2 N–H and O–H groups in total. The number of hydrogen-bond acceptors (Lipinski definition) is 3. The fourth-order valence-electron chi connectivity index (χ4n) is 1.92. The molecule has 2 aromatic carbocycles. The summed E-state index contributed by atoms with van der Waals surface area (Å²) in [5.74, 6) is -1.31. The summed E-state index contributed by atoms with van der Waals surface area (Å²) in [6, 6.07) is 10.2. The minimum absolute atomic E-state index is 0.0832. The maximum Gasteiger partial charge on any atom is 0.416 e. The van der Waals surface area contributed by atoms with Gasteiger partial charge in [0.25, 0.3) is 0 Å². The van der Waals surface area contributed by atoms with E-state index in [1.807, 2.05) is 6.92 Å². The predicted octanol–water partition coefficient (Wildman–Crippen LogP) is 3.68. The second-order valence-corrected chi connectivity index (χ2v) is 4.94. The number of amides is 2. The summed E-state index contributed by atoms with van der Waals surface area (Å²) < 4.78 is 42.7. The van der Waals surface area contributed by atoms with E-state index in [9.17, 15) is 22.8 Å². The molecule has 25 heavy (non-hydrogen) atoms. The Morgan fingerprint density at radius 2 is 1.32 bits per heavy atom. The number of carbonyl (C=O) groups excluding carboxylic acids is 2. The molecule has 2 amide bonds. The quantitative estimate of drug-likeness (QED) is 0.825. The van der Waals surface area contributed by atoms with Crippen LogP contribution in [0.2, 0.25) is 0 Å². The average molecular weight is 352 g/mol. The monoisotopic (exact) mass is 352 g/mol. The molecule has 5 nitrogen and oxygen atoms in total. The first kappa shape index (κ1) is 18.3. The van der Waals surface area contributed by atoms with Gasteiger partial charge in [-0.3, -0.25) is 9.59 Å². The third-order valence-corrected chi connectivity index (χ3v) is 3.10. The molecule has 0 heterocycles. The van der Waals surface area contributed by atoms with Crippen molar-refractivity contribution in [2.75, 3.05) is 17.2 Å². The van der Waals surface area contributed by atoms with Crippen LogP contribution in [0, 0.1) is 0 Å². The third kappa shape index (κ3) is 5.23. The van der Waals surface area contributed by atoms with Gasteiger partial charge in [-0.2, -0.15) is 13.2 Å².